The topological polar surface area (TPSA) is 28.2 Å². The van der Waals surface area contributed by atoms with Gasteiger partial charge in [-0.05, 0) is 70.7 Å². The lowest BCUT2D eigenvalue weighted by atomic mass is 9.90. The Labute approximate surface area is 136 Å². The normalized spacial score (nSPS) is 24.9. The van der Waals surface area contributed by atoms with E-state index in [0.717, 1.165) is 6.04 Å². The second-order valence-electron chi connectivity index (χ2n) is 7.01. The van der Waals surface area contributed by atoms with Crippen LogP contribution >= 0.6 is 11.3 Å². The SMILES string of the molecule is CN(C)C1CCC(Nc2ccnc3sc4c(c23)CCC4)CC1. The van der Waals surface area contributed by atoms with Crippen molar-refractivity contribution in [2.45, 2.75) is 57.0 Å². The fourth-order valence-electron chi connectivity index (χ4n) is 4.10. The largest absolute Gasteiger partial charge is 0.382 e. The van der Waals surface area contributed by atoms with Crippen LogP contribution in [0.1, 0.15) is 42.5 Å². The van der Waals surface area contributed by atoms with Crippen LogP contribution in [-0.4, -0.2) is 36.1 Å². The molecule has 2 heterocycles. The summed E-state index contributed by atoms with van der Waals surface area (Å²) in [7, 11) is 4.42. The molecule has 118 valence electrons. The maximum atomic E-state index is 4.61. The summed E-state index contributed by atoms with van der Waals surface area (Å²) >= 11 is 1.91. The van der Waals surface area contributed by atoms with Crippen LogP contribution < -0.4 is 5.32 Å². The molecule has 0 spiro atoms. The Morgan fingerprint density at radius 1 is 1.18 bits per heavy atom. The maximum absolute atomic E-state index is 4.61. The minimum atomic E-state index is 0.624. The molecule has 0 aromatic carbocycles. The highest BCUT2D eigenvalue weighted by Gasteiger charge is 2.24. The van der Waals surface area contributed by atoms with E-state index >= 15 is 0 Å². The Hall–Kier alpha value is -1.13. The van der Waals surface area contributed by atoms with Crippen molar-refractivity contribution in [2.24, 2.45) is 0 Å². The van der Waals surface area contributed by atoms with Crippen molar-refractivity contribution in [3.05, 3.63) is 22.7 Å². The van der Waals surface area contributed by atoms with Crippen molar-refractivity contribution in [3.63, 3.8) is 0 Å². The molecule has 0 saturated heterocycles. The van der Waals surface area contributed by atoms with Gasteiger partial charge in [0.25, 0.3) is 0 Å². The predicted molar refractivity (Wildman–Crippen MR) is 95.0 cm³/mol. The molecule has 4 rings (SSSR count). The van der Waals surface area contributed by atoms with Crippen LogP contribution in [0, 0.1) is 0 Å². The van der Waals surface area contributed by atoms with Crippen LogP contribution in [0.5, 0.6) is 0 Å². The van der Waals surface area contributed by atoms with Gasteiger partial charge in [-0.15, -0.1) is 11.3 Å². The molecule has 1 saturated carbocycles. The molecule has 0 unspecified atom stereocenters. The van der Waals surface area contributed by atoms with E-state index in [0.29, 0.717) is 6.04 Å². The number of anilines is 1. The molecule has 0 radical (unpaired) electrons. The number of aryl methyl sites for hydroxylation is 2. The molecule has 0 bridgehead atoms. The van der Waals surface area contributed by atoms with E-state index < -0.39 is 0 Å². The molecule has 2 aromatic rings. The lowest BCUT2D eigenvalue weighted by Crippen LogP contribution is -2.36. The van der Waals surface area contributed by atoms with Crippen molar-refractivity contribution in [3.8, 4) is 0 Å². The summed E-state index contributed by atoms with van der Waals surface area (Å²) in [5.74, 6) is 0. The van der Waals surface area contributed by atoms with Crippen LogP contribution in [0.3, 0.4) is 0 Å². The van der Waals surface area contributed by atoms with Gasteiger partial charge in [0.15, 0.2) is 0 Å². The fourth-order valence-corrected chi connectivity index (χ4v) is 5.35. The maximum Gasteiger partial charge on any atom is 0.125 e. The number of rotatable bonds is 3. The van der Waals surface area contributed by atoms with Crippen LogP contribution in [0.15, 0.2) is 12.3 Å². The molecular weight excluding hydrogens is 290 g/mol. The van der Waals surface area contributed by atoms with E-state index in [-0.39, 0.29) is 0 Å². The summed E-state index contributed by atoms with van der Waals surface area (Å²) in [4.78, 5) is 9.80. The number of nitrogens with zero attached hydrogens (tertiary/aromatic N) is 2. The van der Waals surface area contributed by atoms with Crippen molar-refractivity contribution in [1.82, 2.24) is 9.88 Å². The molecule has 0 atom stereocenters. The highest BCUT2D eigenvalue weighted by Crippen LogP contribution is 2.40. The predicted octanol–water partition coefficient (Wildman–Crippen LogP) is 4.07. The Kier molecular flexibility index (Phi) is 3.82. The zero-order valence-electron chi connectivity index (χ0n) is 13.6. The van der Waals surface area contributed by atoms with Crippen LogP contribution in [0.4, 0.5) is 5.69 Å². The molecule has 1 N–H and O–H groups in total. The number of fused-ring (bicyclic) bond motifs is 3. The summed E-state index contributed by atoms with van der Waals surface area (Å²) < 4.78 is 0. The van der Waals surface area contributed by atoms with Gasteiger partial charge in [-0.2, -0.15) is 0 Å². The van der Waals surface area contributed by atoms with Crippen LogP contribution in [0.25, 0.3) is 10.2 Å². The Morgan fingerprint density at radius 2 is 2.00 bits per heavy atom. The number of thiophene rings is 1. The monoisotopic (exact) mass is 315 g/mol. The minimum absolute atomic E-state index is 0.624. The zero-order chi connectivity index (χ0) is 15.1. The Morgan fingerprint density at radius 3 is 2.77 bits per heavy atom. The number of hydrogen-bond donors (Lipinski definition) is 1. The first kappa shape index (κ1) is 14.5. The average molecular weight is 315 g/mol. The third-order valence-electron chi connectivity index (χ3n) is 5.39. The third kappa shape index (κ3) is 2.52. The Balaban J connectivity index is 1.55. The van der Waals surface area contributed by atoms with Crippen LogP contribution in [-0.2, 0) is 12.8 Å². The number of pyridine rings is 1. The number of hydrogen-bond acceptors (Lipinski definition) is 4. The molecule has 2 aromatic heterocycles. The molecule has 0 aliphatic heterocycles. The van der Waals surface area contributed by atoms with Gasteiger partial charge in [-0.1, -0.05) is 0 Å². The lowest BCUT2D eigenvalue weighted by Gasteiger charge is -2.33. The molecule has 1 fully saturated rings. The van der Waals surface area contributed by atoms with Gasteiger partial charge in [0, 0.05) is 34.2 Å². The highest BCUT2D eigenvalue weighted by molar-refractivity contribution is 7.19. The summed E-state index contributed by atoms with van der Waals surface area (Å²) in [5, 5.41) is 5.27. The van der Waals surface area contributed by atoms with Gasteiger partial charge in [0.1, 0.15) is 4.83 Å². The first-order valence-corrected chi connectivity index (χ1v) is 9.36. The molecule has 0 amide bonds. The van der Waals surface area contributed by atoms with Gasteiger partial charge in [-0.3, -0.25) is 0 Å². The molecule has 3 nitrogen and oxygen atoms in total. The van der Waals surface area contributed by atoms with Gasteiger partial charge in [0.2, 0.25) is 0 Å². The van der Waals surface area contributed by atoms with E-state index in [1.54, 1.807) is 10.4 Å². The number of nitrogens with one attached hydrogen (secondary N) is 1. The van der Waals surface area contributed by atoms with E-state index in [2.05, 4.69) is 35.4 Å². The van der Waals surface area contributed by atoms with E-state index in [1.165, 1.54) is 60.8 Å². The molecule has 2 aliphatic rings. The smallest absolute Gasteiger partial charge is 0.125 e. The zero-order valence-corrected chi connectivity index (χ0v) is 14.4. The van der Waals surface area contributed by atoms with Crippen molar-refractivity contribution in [2.75, 3.05) is 19.4 Å². The summed E-state index contributed by atoms with van der Waals surface area (Å²) in [6.45, 7) is 0. The second-order valence-corrected chi connectivity index (χ2v) is 8.09. The summed E-state index contributed by atoms with van der Waals surface area (Å²) in [5.41, 5.74) is 2.91. The number of aromatic nitrogens is 1. The standard InChI is InChI=1S/C18H25N3S/c1-21(2)13-8-6-12(7-9-13)20-15-10-11-19-18-17(15)14-4-3-5-16(14)22-18/h10-13H,3-9H2,1-2H3,(H,19,20). The average Bonchev–Trinajstić information content (AvgIpc) is 3.08. The van der Waals surface area contributed by atoms with E-state index in [4.69, 9.17) is 0 Å². The van der Waals surface area contributed by atoms with Gasteiger partial charge in [0.05, 0.1) is 0 Å². The van der Waals surface area contributed by atoms with Gasteiger partial charge >= 0.3 is 0 Å². The third-order valence-corrected chi connectivity index (χ3v) is 6.59. The first-order valence-electron chi connectivity index (χ1n) is 8.54. The van der Waals surface area contributed by atoms with Crippen molar-refractivity contribution < 1.29 is 0 Å². The first-order chi connectivity index (χ1) is 10.7. The van der Waals surface area contributed by atoms with Crippen molar-refractivity contribution in [1.29, 1.82) is 0 Å². The van der Waals surface area contributed by atoms with Crippen LogP contribution in [0.2, 0.25) is 0 Å². The van der Waals surface area contributed by atoms with E-state index in [1.807, 2.05) is 17.5 Å². The van der Waals surface area contributed by atoms with E-state index in [9.17, 15) is 0 Å². The summed E-state index contributed by atoms with van der Waals surface area (Å²) in [6.07, 6.45) is 11.0. The molecule has 2 aliphatic carbocycles. The fraction of sp³-hybridized carbons (Fsp3) is 0.611. The molecular formula is C18H25N3S. The highest BCUT2D eigenvalue weighted by atomic mass is 32.1. The Bertz CT molecular complexity index is 668. The van der Waals surface area contributed by atoms with Crippen molar-refractivity contribution >= 4 is 27.2 Å². The quantitative estimate of drug-likeness (QED) is 0.925. The molecule has 22 heavy (non-hydrogen) atoms. The summed E-state index contributed by atoms with van der Waals surface area (Å²) in [6, 6.07) is 3.57. The minimum Gasteiger partial charge on any atom is -0.382 e. The second kappa shape index (κ2) is 5.82. The van der Waals surface area contributed by atoms with Gasteiger partial charge < -0.3 is 10.2 Å². The molecule has 4 heteroatoms. The van der Waals surface area contributed by atoms with Gasteiger partial charge in [-0.25, -0.2) is 4.98 Å². The lowest BCUT2D eigenvalue weighted by molar-refractivity contribution is 0.221.